The molecule has 1 atom stereocenters. The molecule has 1 fully saturated rings. The Bertz CT molecular complexity index is 954. The van der Waals surface area contributed by atoms with Crippen molar-refractivity contribution in [3.8, 4) is 11.5 Å². The number of hydrogen-bond donors (Lipinski definition) is 0. The lowest BCUT2D eigenvalue weighted by molar-refractivity contribution is -0.120. The number of carbonyl (C=O) groups is 1. The van der Waals surface area contributed by atoms with Crippen LogP contribution in [0.25, 0.3) is 10.2 Å². The van der Waals surface area contributed by atoms with Gasteiger partial charge in [-0.25, -0.2) is 4.98 Å². The molecule has 0 spiro atoms. The van der Waals surface area contributed by atoms with E-state index >= 15 is 0 Å². The largest absolute Gasteiger partial charge is 0.492 e. The van der Waals surface area contributed by atoms with Crippen LogP contribution in [-0.2, 0) is 9.53 Å². The van der Waals surface area contributed by atoms with Crippen molar-refractivity contribution < 1.29 is 19.0 Å². The molecule has 29 heavy (non-hydrogen) atoms. The first-order chi connectivity index (χ1) is 14.2. The predicted molar refractivity (Wildman–Crippen MR) is 114 cm³/mol. The number of nitrogens with zero attached hydrogens (tertiary/aromatic N) is 2. The highest BCUT2D eigenvalue weighted by atomic mass is 32.1. The second-order valence-corrected chi connectivity index (χ2v) is 7.78. The third kappa shape index (κ3) is 4.68. The Labute approximate surface area is 174 Å². The van der Waals surface area contributed by atoms with E-state index in [4.69, 9.17) is 19.2 Å². The normalized spacial score (nSPS) is 16.1. The van der Waals surface area contributed by atoms with Crippen LogP contribution in [0, 0.1) is 0 Å². The number of aromatic nitrogens is 1. The molecule has 4 rings (SSSR count). The number of benzene rings is 2. The summed E-state index contributed by atoms with van der Waals surface area (Å²) in [6.45, 7) is 3.67. The molecular formula is C22H24N2O4S. The van der Waals surface area contributed by atoms with E-state index in [2.05, 4.69) is 0 Å². The number of ether oxygens (including phenoxy) is 3. The van der Waals surface area contributed by atoms with E-state index in [1.165, 1.54) is 11.3 Å². The van der Waals surface area contributed by atoms with Crippen molar-refractivity contribution in [2.45, 2.75) is 25.9 Å². The summed E-state index contributed by atoms with van der Waals surface area (Å²) < 4.78 is 18.2. The van der Waals surface area contributed by atoms with Gasteiger partial charge in [0.05, 0.1) is 24.0 Å². The molecule has 0 aliphatic carbocycles. The van der Waals surface area contributed by atoms with Crippen LogP contribution < -0.4 is 14.4 Å². The van der Waals surface area contributed by atoms with Gasteiger partial charge in [-0.05, 0) is 44.0 Å². The van der Waals surface area contributed by atoms with Gasteiger partial charge >= 0.3 is 0 Å². The molecule has 1 aliphatic rings. The van der Waals surface area contributed by atoms with Crippen LogP contribution in [0.5, 0.6) is 11.5 Å². The van der Waals surface area contributed by atoms with Crippen molar-refractivity contribution in [1.29, 1.82) is 0 Å². The second kappa shape index (κ2) is 9.24. The summed E-state index contributed by atoms with van der Waals surface area (Å²) in [5, 5.41) is 0.643. The summed E-state index contributed by atoms with van der Waals surface area (Å²) in [5.74, 6) is 1.26. The monoisotopic (exact) mass is 412 g/mol. The molecule has 1 aromatic heterocycles. The van der Waals surface area contributed by atoms with Crippen LogP contribution in [-0.4, -0.2) is 43.4 Å². The first-order valence-electron chi connectivity index (χ1n) is 9.86. The SMILES string of the molecule is CCOc1cccc2sc(N(CC3CCCO3)C(=O)COc3ccccc3)nc12. The summed E-state index contributed by atoms with van der Waals surface area (Å²) in [6, 6.07) is 15.2. The minimum absolute atomic E-state index is 0.0223. The number of hydrogen-bond acceptors (Lipinski definition) is 6. The number of thiazole rings is 1. The zero-order chi connectivity index (χ0) is 20.1. The van der Waals surface area contributed by atoms with E-state index in [9.17, 15) is 4.79 Å². The first kappa shape index (κ1) is 19.7. The summed E-state index contributed by atoms with van der Waals surface area (Å²) in [6.07, 6.45) is 1.98. The highest BCUT2D eigenvalue weighted by molar-refractivity contribution is 7.22. The number of anilines is 1. The Balaban J connectivity index is 1.58. The maximum absolute atomic E-state index is 13.1. The van der Waals surface area contributed by atoms with E-state index in [0.29, 0.717) is 24.0 Å². The average molecular weight is 413 g/mol. The fourth-order valence-corrected chi connectivity index (χ4v) is 4.33. The minimum atomic E-state index is -0.138. The molecule has 152 valence electrons. The molecule has 1 amide bonds. The topological polar surface area (TPSA) is 60.9 Å². The van der Waals surface area contributed by atoms with E-state index in [0.717, 1.165) is 35.4 Å². The van der Waals surface area contributed by atoms with Crippen LogP contribution in [0.1, 0.15) is 19.8 Å². The molecule has 1 aliphatic heterocycles. The fourth-order valence-electron chi connectivity index (χ4n) is 3.32. The van der Waals surface area contributed by atoms with Crippen molar-refractivity contribution in [2.75, 3.05) is 31.3 Å². The number of fused-ring (bicyclic) bond motifs is 1. The smallest absolute Gasteiger partial charge is 0.266 e. The molecular weight excluding hydrogens is 388 g/mol. The molecule has 2 heterocycles. The van der Waals surface area contributed by atoms with E-state index < -0.39 is 0 Å². The van der Waals surface area contributed by atoms with Crippen LogP contribution in [0.15, 0.2) is 48.5 Å². The summed E-state index contributed by atoms with van der Waals surface area (Å²) >= 11 is 1.48. The van der Waals surface area contributed by atoms with Crippen molar-refractivity contribution >= 4 is 32.6 Å². The van der Waals surface area contributed by atoms with Gasteiger partial charge in [0.2, 0.25) is 0 Å². The van der Waals surface area contributed by atoms with Gasteiger partial charge in [-0.3, -0.25) is 9.69 Å². The maximum Gasteiger partial charge on any atom is 0.266 e. The summed E-state index contributed by atoms with van der Waals surface area (Å²) in [5.41, 5.74) is 0.781. The lowest BCUT2D eigenvalue weighted by Crippen LogP contribution is -2.40. The van der Waals surface area contributed by atoms with Crippen molar-refractivity contribution in [1.82, 2.24) is 4.98 Å². The van der Waals surface area contributed by atoms with E-state index in [1.54, 1.807) is 4.90 Å². The quantitative estimate of drug-likeness (QED) is 0.552. The van der Waals surface area contributed by atoms with Gasteiger partial charge in [-0.2, -0.15) is 0 Å². The van der Waals surface area contributed by atoms with Crippen LogP contribution in [0.3, 0.4) is 0 Å². The fraction of sp³-hybridized carbons (Fsp3) is 0.364. The Morgan fingerprint density at radius 2 is 2.07 bits per heavy atom. The average Bonchev–Trinajstić information content (AvgIpc) is 3.41. The molecule has 6 nitrogen and oxygen atoms in total. The lowest BCUT2D eigenvalue weighted by Gasteiger charge is -2.23. The first-order valence-corrected chi connectivity index (χ1v) is 10.7. The molecule has 2 aromatic carbocycles. The van der Waals surface area contributed by atoms with Gasteiger partial charge < -0.3 is 14.2 Å². The lowest BCUT2D eigenvalue weighted by atomic mass is 10.2. The van der Waals surface area contributed by atoms with Crippen molar-refractivity contribution in [3.05, 3.63) is 48.5 Å². The Hall–Kier alpha value is -2.64. The molecule has 1 unspecified atom stereocenters. The Morgan fingerprint density at radius 3 is 2.83 bits per heavy atom. The third-order valence-electron chi connectivity index (χ3n) is 4.72. The highest BCUT2D eigenvalue weighted by Crippen LogP contribution is 2.35. The molecule has 7 heteroatoms. The van der Waals surface area contributed by atoms with Gasteiger partial charge in [0.25, 0.3) is 5.91 Å². The zero-order valence-electron chi connectivity index (χ0n) is 16.4. The van der Waals surface area contributed by atoms with Crippen LogP contribution in [0.2, 0.25) is 0 Å². The van der Waals surface area contributed by atoms with Gasteiger partial charge in [0.15, 0.2) is 11.7 Å². The van der Waals surface area contributed by atoms with Gasteiger partial charge in [0.1, 0.15) is 17.0 Å². The number of amides is 1. The highest BCUT2D eigenvalue weighted by Gasteiger charge is 2.27. The third-order valence-corrected chi connectivity index (χ3v) is 5.76. The molecule has 0 radical (unpaired) electrons. The number of rotatable bonds is 8. The molecule has 0 N–H and O–H groups in total. The van der Waals surface area contributed by atoms with Gasteiger partial charge in [-0.1, -0.05) is 35.6 Å². The minimum Gasteiger partial charge on any atom is -0.492 e. The summed E-state index contributed by atoms with van der Waals surface area (Å²) in [4.78, 5) is 19.5. The standard InChI is InChI=1S/C22H24N2O4S/c1-2-26-18-11-6-12-19-21(18)23-22(29-19)24(14-17-10-7-13-27-17)20(25)15-28-16-8-4-3-5-9-16/h3-6,8-9,11-12,17H,2,7,10,13-15H2,1H3. The number of carbonyl (C=O) groups excluding carboxylic acids is 1. The second-order valence-electron chi connectivity index (χ2n) is 6.77. The predicted octanol–water partition coefficient (Wildman–Crippen LogP) is 4.29. The Kier molecular flexibility index (Phi) is 6.27. The van der Waals surface area contributed by atoms with Crippen molar-refractivity contribution in [2.24, 2.45) is 0 Å². The maximum atomic E-state index is 13.1. The van der Waals surface area contributed by atoms with Crippen LogP contribution >= 0.6 is 11.3 Å². The van der Waals surface area contributed by atoms with Crippen LogP contribution in [0.4, 0.5) is 5.13 Å². The van der Waals surface area contributed by atoms with E-state index in [1.807, 2.05) is 55.5 Å². The van der Waals surface area contributed by atoms with Gasteiger partial charge in [-0.15, -0.1) is 0 Å². The molecule has 0 bridgehead atoms. The van der Waals surface area contributed by atoms with Crippen molar-refractivity contribution in [3.63, 3.8) is 0 Å². The number of para-hydroxylation sites is 2. The molecule has 3 aromatic rings. The summed E-state index contributed by atoms with van der Waals surface area (Å²) in [7, 11) is 0. The van der Waals surface area contributed by atoms with Gasteiger partial charge in [0, 0.05) is 6.61 Å². The van der Waals surface area contributed by atoms with E-state index in [-0.39, 0.29) is 18.6 Å². The Morgan fingerprint density at radius 1 is 1.21 bits per heavy atom. The molecule has 0 saturated carbocycles. The zero-order valence-corrected chi connectivity index (χ0v) is 17.2. The molecule has 1 saturated heterocycles.